The van der Waals surface area contributed by atoms with Crippen LogP contribution in [0.25, 0.3) is 0 Å². The summed E-state index contributed by atoms with van der Waals surface area (Å²) < 4.78 is 87.3. The van der Waals surface area contributed by atoms with Crippen LogP contribution in [0.15, 0.2) is 12.2 Å². The Labute approximate surface area is 149 Å². The Balaban J connectivity index is 1.95. The number of carbonyl (C=O) groups excluding carboxylic acids is 1. The van der Waals surface area contributed by atoms with E-state index in [-0.39, 0.29) is 0 Å². The van der Waals surface area contributed by atoms with Gasteiger partial charge in [-0.2, -0.15) is 17.6 Å². The molecule has 2 nitrogen and oxygen atoms in total. The molecule has 0 saturated heterocycles. The molecule has 0 aromatic heterocycles. The average Bonchev–Trinajstić information content (AvgIpc) is 2.53. The van der Waals surface area contributed by atoms with Gasteiger partial charge in [0.15, 0.2) is 0 Å². The van der Waals surface area contributed by atoms with Crippen molar-refractivity contribution in [3.63, 3.8) is 0 Å². The molecule has 2 saturated carbocycles. The van der Waals surface area contributed by atoms with E-state index in [1.165, 1.54) is 0 Å². The molecule has 0 aromatic rings. The number of carbonyl (C=O) groups is 1. The van der Waals surface area contributed by atoms with Crippen molar-refractivity contribution in [1.82, 2.24) is 0 Å². The van der Waals surface area contributed by atoms with Crippen LogP contribution in [0.5, 0.6) is 0 Å². The van der Waals surface area contributed by atoms with Gasteiger partial charge in [-0.15, -0.1) is 0 Å². The molecule has 0 radical (unpaired) electrons. The zero-order chi connectivity index (χ0) is 20.0. The Morgan fingerprint density at radius 1 is 1.00 bits per heavy atom. The molecule has 26 heavy (non-hydrogen) atoms. The highest BCUT2D eigenvalue weighted by molar-refractivity contribution is 5.72. The molecule has 0 aliphatic heterocycles. The van der Waals surface area contributed by atoms with Crippen LogP contribution in [0.1, 0.15) is 52.9 Å². The van der Waals surface area contributed by atoms with Crippen LogP contribution >= 0.6 is 0 Å². The lowest BCUT2D eigenvalue weighted by Crippen LogP contribution is -2.87. The molecule has 2 rings (SSSR count). The summed E-state index contributed by atoms with van der Waals surface area (Å²) in [6.45, 7) is 5.62. The van der Waals surface area contributed by atoms with E-state index in [4.69, 9.17) is 4.74 Å². The fraction of sp³-hybridized carbons (Fsp3) is 0.833. The maximum absolute atomic E-state index is 14.4. The first kappa shape index (κ1) is 21.1. The molecule has 0 heterocycles. The van der Waals surface area contributed by atoms with E-state index in [1.54, 1.807) is 13.0 Å². The molecule has 4 unspecified atom stereocenters. The number of rotatable bonds is 6. The van der Waals surface area contributed by atoms with Crippen molar-refractivity contribution in [3.8, 4) is 0 Å². The molecule has 0 bridgehead atoms. The number of hydrogen-bond donors (Lipinski definition) is 0. The van der Waals surface area contributed by atoms with Crippen molar-refractivity contribution in [2.45, 2.75) is 82.2 Å². The average molecular weight is 386 g/mol. The smallest absolute Gasteiger partial charge is 0.350 e. The molecule has 8 heteroatoms. The minimum absolute atomic E-state index is 0.348. The minimum Gasteiger partial charge on any atom is -0.462 e. The normalized spacial score (nSPS) is 36.5. The van der Waals surface area contributed by atoms with Crippen molar-refractivity contribution in [2.24, 2.45) is 11.8 Å². The first-order valence-corrected chi connectivity index (χ1v) is 8.79. The van der Waals surface area contributed by atoms with Gasteiger partial charge in [0.1, 0.15) is 6.10 Å². The highest BCUT2D eigenvalue weighted by atomic mass is 19.3. The van der Waals surface area contributed by atoms with Crippen LogP contribution < -0.4 is 0 Å². The summed E-state index contributed by atoms with van der Waals surface area (Å²) in [6.07, 6.45) is 0.712. The number of ether oxygens (including phenoxy) is 1. The lowest BCUT2D eigenvalue weighted by Gasteiger charge is -2.61. The summed E-state index contributed by atoms with van der Waals surface area (Å²) in [5.74, 6) is -11.1. The molecule has 0 N–H and O–H groups in total. The van der Waals surface area contributed by atoms with Gasteiger partial charge in [0.25, 0.3) is 0 Å². The molecule has 2 aliphatic carbocycles. The maximum atomic E-state index is 14.4. The predicted octanol–water partition coefficient (Wildman–Crippen LogP) is 5.41. The summed E-state index contributed by atoms with van der Waals surface area (Å²) >= 11 is 0. The SMILES string of the molecule is CC(C)C/C=C\CC(C)C(=O)OC1CCC2(F)C(F)(F)C(F)(F)C2(F)C1. The Kier molecular flexibility index (Phi) is 5.48. The van der Waals surface area contributed by atoms with Gasteiger partial charge in [-0.25, -0.2) is 8.78 Å². The second kappa shape index (κ2) is 6.75. The molecule has 0 amide bonds. The molecule has 2 fully saturated rings. The molecule has 150 valence electrons. The summed E-state index contributed by atoms with van der Waals surface area (Å²) in [7, 11) is 0. The van der Waals surface area contributed by atoms with Crippen molar-refractivity contribution < 1.29 is 35.9 Å². The van der Waals surface area contributed by atoms with E-state index in [0.29, 0.717) is 12.3 Å². The number of esters is 1. The third-order valence-electron chi connectivity index (χ3n) is 5.29. The lowest BCUT2D eigenvalue weighted by molar-refractivity contribution is -0.449. The highest BCUT2D eigenvalue weighted by Crippen LogP contribution is 2.72. The zero-order valence-corrected chi connectivity index (χ0v) is 15.0. The summed E-state index contributed by atoms with van der Waals surface area (Å²) in [5.41, 5.74) is -7.94. The molecular formula is C18H24F6O2. The fourth-order valence-corrected chi connectivity index (χ4v) is 3.50. The number of allylic oxidation sites excluding steroid dienone is 2. The second-order valence-corrected chi connectivity index (χ2v) is 7.79. The zero-order valence-electron chi connectivity index (χ0n) is 15.0. The van der Waals surface area contributed by atoms with Crippen LogP contribution in [0.4, 0.5) is 26.3 Å². The van der Waals surface area contributed by atoms with Gasteiger partial charge in [0.2, 0.25) is 11.3 Å². The second-order valence-electron chi connectivity index (χ2n) is 7.79. The number of hydrogen-bond acceptors (Lipinski definition) is 2. The van der Waals surface area contributed by atoms with E-state index in [0.717, 1.165) is 6.42 Å². The Bertz CT molecular complexity index is 576. The van der Waals surface area contributed by atoms with Gasteiger partial charge < -0.3 is 4.74 Å². The number of alkyl halides is 6. The van der Waals surface area contributed by atoms with Crippen molar-refractivity contribution in [1.29, 1.82) is 0 Å². The summed E-state index contributed by atoms with van der Waals surface area (Å²) in [6, 6.07) is 0. The summed E-state index contributed by atoms with van der Waals surface area (Å²) in [4.78, 5) is 12.0. The topological polar surface area (TPSA) is 26.3 Å². The predicted molar refractivity (Wildman–Crippen MR) is 83.7 cm³/mol. The molecular weight excluding hydrogens is 362 g/mol. The van der Waals surface area contributed by atoms with E-state index >= 15 is 0 Å². The molecule has 2 aliphatic rings. The van der Waals surface area contributed by atoms with Crippen LogP contribution in [0.3, 0.4) is 0 Å². The molecule has 4 atom stereocenters. The van der Waals surface area contributed by atoms with Crippen molar-refractivity contribution in [2.75, 3.05) is 0 Å². The van der Waals surface area contributed by atoms with E-state index in [2.05, 4.69) is 0 Å². The lowest BCUT2D eigenvalue weighted by atomic mass is 9.54. The van der Waals surface area contributed by atoms with Crippen molar-refractivity contribution >= 4 is 5.97 Å². The quantitative estimate of drug-likeness (QED) is 0.347. The maximum Gasteiger partial charge on any atom is 0.350 e. The first-order chi connectivity index (χ1) is 11.8. The van der Waals surface area contributed by atoms with Gasteiger partial charge in [0, 0.05) is 6.42 Å². The monoisotopic (exact) mass is 386 g/mol. The van der Waals surface area contributed by atoms with Crippen LogP contribution in [0, 0.1) is 11.8 Å². The third-order valence-corrected chi connectivity index (χ3v) is 5.29. The van der Waals surface area contributed by atoms with Crippen LogP contribution in [-0.2, 0) is 9.53 Å². The number of halogens is 6. The highest BCUT2D eigenvalue weighted by Gasteiger charge is 2.98. The van der Waals surface area contributed by atoms with Gasteiger partial charge in [-0.3, -0.25) is 4.79 Å². The molecule has 0 spiro atoms. The van der Waals surface area contributed by atoms with E-state index in [1.807, 2.05) is 19.9 Å². The van der Waals surface area contributed by atoms with Crippen molar-refractivity contribution in [3.05, 3.63) is 12.2 Å². The Morgan fingerprint density at radius 2 is 1.54 bits per heavy atom. The van der Waals surface area contributed by atoms with Gasteiger partial charge in [-0.05, 0) is 31.6 Å². The van der Waals surface area contributed by atoms with Gasteiger partial charge >= 0.3 is 17.8 Å². The Morgan fingerprint density at radius 3 is 2.12 bits per heavy atom. The third kappa shape index (κ3) is 2.93. The van der Waals surface area contributed by atoms with Crippen LogP contribution in [0.2, 0.25) is 0 Å². The largest absolute Gasteiger partial charge is 0.462 e. The Hall–Kier alpha value is -1.21. The van der Waals surface area contributed by atoms with E-state index < -0.39 is 60.4 Å². The summed E-state index contributed by atoms with van der Waals surface area (Å²) in [5, 5.41) is 0. The van der Waals surface area contributed by atoms with Crippen LogP contribution in [-0.4, -0.2) is 35.3 Å². The van der Waals surface area contributed by atoms with Gasteiger partial charge in [-0.1, -0.05) is 32.9 Å². The van der Waals surface area contributed by atoms with Gasteiger partial charge in [0.05, 0.1) is 5.92 Å². The standard InChI is InChI=1S/C18H24F6O2/c1-11(2)6-4-5-7-12(3)14(25)26-13-8-9-15(19)16(20,10-13)18(23,24)17(15,21)22/h4-5,11-13H,6-10H2,1-3H3/b5-4-. The fourth-order valence-electron chi connectivity index (χ4n) is 3.50. The molecule has 0 aromatic carbocycles. The first-order valence-electron chi connectivity index (χ1n) is 8.79. The van der Waals surface area contributed by atoms with E-state index in [9.17, 15) is 31.1 Å². The minimum atomic E-state index is -5.12. The number of fused-ring (bicyclic) bond motifs is 1.